The number of carboxylic acids is 1. The van der Waals surface area contributed by atoms with Crippen molar-refractivity contribution >= 4 is 17.5 Å². The number of Topliss-reactive ketones (excluding diaryl/α,β-unsaturated/α-hetero) is 1. The number of nitriles is 1. The Hall–Kier alpha value is -3.20. The standard InChI is InChI=1S/C22H24N2O4/c1-3-17(24)12-16(13-23)21(25)9-4-14-10-19(20(11-14)22(26)27)15-5-7-18(28-2)8-6-15/h3,5-8,12,14,19-20,24H,1,4,9-11H2,2H3,(H,26,27)/b16-12+,24-17?/t14?,19-,20+/m0/s1. The third-order valence-electron chi connectivity index (χ3n) is 5.24. The van der Waals surface area contributed by atoms with Crippen LogP contribution in [0.2, 0.25) is 0 Å². The molecule has 3 atom stereocenters. The highest BCUT2D eigenvalue weighted by Crippen LogP contribution is 2.45. The number of nitrogens with one attached hydrogen (secondary N) is 1. The van der Waals surface area contributed by atoms with Gasteiger partial charge in [0.1, 0.15) is 11.8 Å². The third-order valence-corrected chi connectivity index (χ3v) is 5.24. The lowest BCUT2D eigenvalue weighted by molar-refractivity contribution is -0.142. The molecule has 6 heteroatoms. The number of allylic oxidation sites excluding steroid dienone is 3. The normalized spacial score (nSPS) is 21.6. The number of benzene rings is 1. The zero-order valence-corrected chi connectivity index (χ0v) is 15.9. The molecule has 1 aromatic carbocycles. The molecule has 0 radical (unpaired) electrons. The van der Waals surface area contributed by atoms with E-state index in [0.717, 1.165) is 11.3 Å². The van der Waals surface area contributed by atoms with Gasteiger partial charge in [0.25, 0.3) is 0 Å². The number of methoxy groups -OCH3 is 1. The quantitative estimate of drug-likeness (QED) is 0.383. The Balaban J connectivity index is 2.05. The Morgan fingerprint density at radius 1 is 1.36 bits per heavy atom. The Bertz CT molecular complexity index is 833. The molecule has 0 bridgehead atoms. The first-order valence-electron chi connectivity index (χ1n) is 9.12. The predicted molar refractivity (Wildman–Crippen MR) is 105 cm³/mol. The van der Waals surface area contributed by atoms with E-state index in [9.17, 15) is 14.7 Å². The van der Waals surface area contributed by atoms with Crippen LogP contribution in [0, 0.1) is 28.6 Å². The summed E-state index contributed by atoms with van der Waals surface area (Å²) in [4.78, 5) is 24.0. The number of carbonyl (C=O) groups is 2. The molecular formula is C22H24N2O4. The Kier molecular flexibility index (Phi) is 7.28. The molecular weight excluding hydrogens is 356 g/mol. The first-order valence-corrected chi connectivity index (χ1v) is 9.12. The minimum absolute atomic E-state index is 0.0104. The molecule has 1 aromatic rings. The summed E-state index contributed by atoms with van der Waals surface area (Å²) in [6.07, 6.45) is 4.35. The van der Waals surface area contributed by atoms with E-state index in [0.29, 0.717) is 19.3 Å². The van der Waals surface area contributed by atoms with Crippen molar-refractivity contribution in [1.29, 1.82) is 10.7 Å². The van der Waals surface area contributed by atoms with Crippen LogP contribution in [0.25, 0.3) is 0 Å². The summed E-state index contributed by atoms with van der Waals surface area (Å²) in [5, 5.41) is 26.3. The Morgan fingerprint density at radius 2 is 2.04 bits per heavy atom. The summed E-state index contributed by atoms with van der Waals surface area (Å²) in [5.74, 6) is -0.940. The van der Waals surface area contributed by atoms with Gasteiger partial charge in [0.05, 0.1) is 24.3 Å². The summed E-state index contributed by atoms with van der Waals surface area (Å²) in [6, 6.07) is 9.26. The monoisotopic (exact) mass is 380 g/mol. The van der Waals surface area contributed by atoms with Gasteiger partial charge < -0.3 is 15.3 Å². The van der Waals surface area contributed by atoms with E-state index in [-0.39, 0.29) is 35.3 Å². The van der Waals surface area contributed by atoms with Crippen molar-refractivity contribution in [2.45, 2.75) is 31.6 Å². The largest absolute Gasteiger partial charge is 0.497 e. The molecule has 0 saturated heterocycles. The van der Waals surface area contributed by atoms with Crippen molar-refractivity contribution in [3.8, 4) is 11.8 Å². The number of hydrogen-bond acceptors (Lipinski definition) is 5. The van der Waals surface area contributed by atoms with Gasteiger partial charge >= 0.3 is 5.97 Å². The van der Waals surface area contributed by atoms with E-state index in [1.165, 1.54) is 12.2 Å². The van der Waals surface area contributed by atoms with E-state index in [1.807, 2.05) is 30.3 Å². The molecule has 1 aliphatic carbocycles. The highest BCUT2D eigenvalue weighted by atomic mass is 16.5. The van der Waals surface area contributed by atoms with Crippen molar-refractivity contribution in [3.63, 3.8) is 0 Å². The van der Waals surface area contributed by atoms with Gasteiger partial charge in [0.15, 0.2) is 5.78 Å². The SMILES string of the molecule is C=CC(=N)/C=C(\C#N)C(=O)CCC1C[C@@H](C(=O)O)[C@H](c2ccc(OC)cc2)C1. The van der Waals surface area contributed by atoms with E-state index < -0.39 is 11.9 Å². The van der Waals surface area contributed by atoms with E-state index in [2.05, 4.69) is 6.58 Å². The third kappa shape index (κ3) is 5.17. The molecule has 28 heavy (non-hydrogen) atoms. The second-order valence-electron chi connectivity index (χ2n) is 6.95. The zero-order valence-electron chi connectivity index (χ0n) is 15.9. The highest BCUT2D eigenvalue weighted by molar-refractivity contribution is 6.09. The molecule has 0 amide bonds. The van der Waals surface area contributed by atoms with Gasteiger partial charge in [-0.05, 0) is 60.9 Å². The number of aliphatic carboxylic acids is 1. The van der Waals surface area contributed by atoms with Crippen molar-refractivity contribution in [2.75, 3.05) is 7.11 Å². The average molecular weight is 380 g/mol. The summed E-state index contributed by atoms with van der Waals surface area (Å²) in [5.41, 5.74) is 0.903. The number of ketones is 1. The average Bonchev–Trinajstić information content (AvgIpc) is 3.14. The Morgan fingerprint density at radius 3 is 2.57 bits per heavy atom. The summed E-state index contributed by atoms with van der Waals surface area (Å²) < 4.78 is 5.15. The smallest absolute Gasteiger partial charge is 0.307 e. The lowest BCUT2D eigenvalue weighted by Crippen LogP contribution is -2.16. The molecule has 1 unspecified atom stereocenters. The molecule has 2 N–H and O–H groups in total. The number of ether oxygens (including phenoxy) is 1. The second kappa shape index (κ2) is 9.65. The zero-order chi connectivity index (χ0) is 20.7. The van der Waals surface area contributed by atoms with E-state index >= 15 is 0 Å². The minimum atomic E-state index is -0.827. The van der Waals surface area contributed by atoms with Crippen LogP contribution in [0.5, 0.6) is 5.75 Å². The lowest BCUT2D eigenvalue weighted by Gasteiger charge is -2.16. The molecule has 0 heterocycles. The van der Waals surface area contributed by atoms with Gasteiger partial charge in [-0.2, -0.15) is 5.26 Å². The fraction of sp³-hybridized carbons (Fsp3) is 0.364. The fourth-order valence-corrected chi connectivity index (χ4v) is 3.73. The topological polar surface area (TPSA) is 111 Å². The van der Waals surface area contributed by atoms with Crippen LogP contribution in [0.3, 0.4) is 0 Å². The molecule has 6 nitrogen and oxygen atoms in total. The first-order chi connectivity index (χ1) is 13.4. The van der Waals surface area contributed by atoms with Gasteiger partial charge in [0.2, 0.25) is 0 Å². The fourth-order valence-electron chi connectivity index (χ4n) is 3.73. The lowest BCUT2D eigenvalue weighted by atomic mass is 9.89. The molecule has 0 aliphatic heterocycles. The molecule has 1 saturated carbocycles. The van der Waals surface area contributed by atoms with E-state index in [4.69, 9.17) is 15.4 Å². The molecule has 0 aromatic heterocycles. The van der Waals surface area contributed by atoms with Crippen LogP contribution in [0.1, 0.15) is 37.2 Å². The van der Waals surface area contributed by atoms with Crippen LogP contribution >= 0.6 is 0 Å². The maximum Gasteiger partial charge on any atom is 0.307 e. The molecule has 0 spiro atoms. The molecule has 146 valence electrons. The number of rotatable bonds is 9. The molecule has 1 fully saturated rings. The van der Waals surface area contributed by atoms with Crippen LogP contribution in [-0.2, 0) is 9.59 Å². The first kappa shape index (κ1) is 21.1. The van der Waals surface area contributed by atoms with Gasteiger partial charge in [-0.25, -0.2) is 0 Å². The molecule has 1 aliphatic rings. The number of carboxylic acid groups (broad SMARTS) is 1. The summed E-state index contributed by atoms with van der Waals surface area (Å²) in [6.45, 7) is 3.44. The van der Waals surface area contributed by atoms with Crippen molar-refractivity contribution in [3.05, 3.63) is 54.1 Å². The van der Waals surface area contributed by atoms with Gasteiger partial charge in [-0.1, -0.05) is 18.7 Å². The van der Waals surface area contributed by atoms with Crippen LogP contribution in [0.4, 0.5) is 0 Å². The van der Waals surface area contributed by atoms with Crippen LogP contribution in [0.15, 0.2) is 48.6 Å². The van der Waals surface area contributed by atoms with Crippen LogP contribution < -0.4 is 4.74 Å². The van der Waals surface area contributed by atoms with Crippen molar-refractivity contribution < 1.29 is 19.4 Å². The van der Waals surface area contributed by atoms with Crippen LogP contribution in [-0.4, -0.2) is 29.7 Å². The number of carbonyl (C=O) groups excluding carboxylic acids is 1. The predicted octanol–water partition coefficient (Wildman–Crippen LogP) is 3.89. The highest BCUT2D eigenvalue weighted by Gasteiger charge is 2.39. The number of nitrogens with zero attached hydrogens (tertiary/aromatic N) is 1. The minimum Gasteiger partial charge on any atom is -0.497 e. The maximum atomic E-state index is 12.3. The van der Waals surface area contributed by atoms with E-state index in [1.54, 1.807) is 7.11 Å². The van der Waals surface area contributed by atoms with Gasteiger partial charge in [-0.3, -0.25) is 9.59 Å². The summed E-state index contributed by atoms with van der Waals surface area (Å²) in [7, 11) is 1.58. The summed E-state index contributed by atoms with van der Waals surface area (Å²) >= 11 is 0. The Labute approximate surface area is 164 Å². The second-order valence-corrected chi connectivity index (χ2v) is 6.95. The van der Waals surface area contributed by atoms with Gasteiger partial charge in [0, 0.05) is 6.42 Å². The van der Waals surface area contributed by atoms with Crippen molar-refractivity contribution in [2.24, 2.45) is 11.8 Å². The molecule has 2 rings (SSSR count). The van der Waals surface area contributed by atoms with Crippen molar-refractivity contribution in [1.82, 2.24) is 0 Å². The number of hydrogen-bond donors (Lipinski definition) is 2. The van der Waals surface area contributed by atoms with Gasteiger partial charge in [-0.15, -0.1) is 0 Å². The maximum absolute atomic E-state index is 12.3.